The van der Waals surface area contributed by atoms with Crippen LogP contribution in [0.4, 0.5) is 0 Å². The van der Waals surface area contributed by atoms with Gasteiger partial charge < -0.3 is 9.32 Å². The maximum absolute atomic E-state index is 12.6. The third kappa shape index (κ3) is 1.68. The van der Waals surface area contributed by atoms with Gasteiger partial charge >= 0.3 is 0 Å². The van der Waals surface area contributed by atoms with Gasteiger partial charge in [0.05, 0.1) is 16.4 Å². The lowest BCUT2D eigenvalue weighted by molar-refractivity contribution is 0.0759. The molecule has 1 aromatic carbocycles. The second-order valence-electron chi connectivity index (χ2n) is 5.42. The molecular weight excluding hydrogens is 290 g/mol. The highest BCUT2D eigenvalue weighted by atomic mass is 32.2. The number of fused-ring (bicyclic) bond motifs is 3. The Morgan fingerprint density at radius 1 is 1.14 bits per heavy atom. The summed E-state index contributed by atoms with van der Waals surface area (Å²) in [5, 5.41) is -0.534. The van der Waals surface area contributed by atoms with Gasteiger partial charge in [0.15, 0.2) is 15.6 Å². The highest BCUT2D eigenvalue weighted by Gasteiger charge is 2.51. The molecule has 108 valence electrons. The van der Waals surface area contributed by atoms with E-state index in [1.807, 2.05) is 12.1 Å². The van der Waals surface area contributed by atoms with Gasteiger partial charge in [-0.1, -0.05) is 18.2 Å². The zero-order valence-corrected chi connectivity index (χ0v) is 11.9. The smallest absolute Gasteiger partial charge is 0.289 e. The van der Waals surface area contributed by atoms with E-state index in [1.165, 1.54) is 6.26 Å². The monoisotopic (exact) mass is 303 g/mol. The van der Waals surface area contributed by atoms with Gasteiger partial charge in [-0.3, -0.25) is 4.79 Å². The lowest BCUT2D eigenvalue weighted by Crippen LogP contribution is -2.31. The van der Waals surface area contributed by atoms with Crippen molar-refractivity contribution < 1.29 is 17.6 Å². The number of carbonyl (C=O) groups excluding carboxylic acids is 1. The van der Waals surface area contributed by atoms with Crippen LogP contribution in [0, 0.1) is 0 Å². The molecule has 0 bridgehead atoms. The summed E-state index contributed by atoms with van der Waals surface area (Å²) in [5.41, 5.74) is 0.831. The number of nitrogens with zero attached hydrogens (tertiary/aromatic N) is 1. The molecule has 2 atom stereocenters. The molecule has 2 aromatic rings. The predicted octanol–water partition coefficient (Wildman–Crippen LogP) is 1.68. The van der Waals surface area contributed by atoms with Gasteiger partial charge in [0.25, 0.3) is 5.91 Å². The van der Waals surface area contributed by atoms with Gasteiger partial charge in [-0.25, -0.2) is 8.42 Å². The summed E-state index contributed by atoms with van der Waals surface area (Å²) in [7, 11) is -3.34. The lowest BCUT2D eigenvalue weighted by atomic mass is 9.99. The van der Waals surface area contributed by atoms with Gasteiger partial charge in [-0.2, -0.15) is 0 Å². The molecule has 3 heterocycles. The van der Waals surface area contributed by atoms with Crippen LogP contribution in [0.2, 0.25) is 0 Å². The van der Waals surface area contributed by atoms with Crippen molar-refractivity contribution in [3.63, 3.8) is 0 Å². The first-order chi connectivity index (χ1) is 10.1. The summed E-state index contributed by atoms with van der Waals surface area (Å²) in [4.78, 5) is 14.3. The third-order valence-corrected chi connectivity index (χ3v) is 6.57. The molecule has 1 fully saturated rings. The maximum Gasteiger partial charge on any atom is 0.289 e. The highest BCUT2D eigenvalue weighted by molar-refractivity contribution is 7.92. The molecule has 0 N–H and O–H groups in total. The second-order valence-corrected chi connectivity index (χ2v) is 7.55. The summed E-state index contributed by atoms with van der Waals surface area (Å²) < 4.78 is 30.2. The Kier molecular flexibility index (Phi) is 2.53. The van der Waals surface area contributed by atoms with Crippen LogP contribution < -0.4 is 0 Å². The number of amides is 1. The van der Waals surface area contributed by atoms with E-state index in [9.17, 15) is 13.2 Å². The van der Waals surface area contributed by atoms with Crippen LogP contribution in [-0.4, -0.2) is 37.6 Å². The normalized spacial score (nSPS) is 25.6. The number of hydrogen-bond acceptors (Lipinski definition) is 4. The topological polar surface area (TPSA) is 67.6 Å². The van der Waals surface area contributed by atoms with Crippen molar-refractivity contribution >= 4 is 15.7 Å². The molecule has 1 amide bonds. The van der Waals surface area contributed by atoms with Gasteiger partial charge in [-0.15, -0.1) is 0 Å². The number of rotatable bonds is 1. The molecule has 2 aliphatic heterocycles. The molecule has 21 heavy (non-hydrogen) atoms. The van der Waals surface area contributed by atoms with E-state index in [0.29, 0.717) is 11.4 Å². The first-order valence-corrected chi connectivity index (χ1v) is 8.29. The quantitative estimate of drug-likeness (QED) is 0.804. The summed E-state index contributed by atoms with van der Waals surface area (Å²) in [6, 6.07) is 10.3. The molecule has 6 heteroatoms. The van der Waals surface area contributed by atoms with Crippen molar-refractivity contribution in [2.24, 2.45) is 0 Å². The van der Waals surface area contributed by atoms with Gasteiger partial charge in [0.1, 0.15) is 0 Å². The average molecular weight is 303 g/mol. The van der Waals surface area contributed by atoms with Crippen molar-refractivity contribution in [1.82, 2.24) is 4.90 Å². The second kappa shape index (κ2) is 4.21. The molecule has 0 unspecified atom stereocenters. The standard InChI is InChI=1S/C15H13NO4S/c17-15(12-5-3-7-20-12)16-8-11-10-4-1-2-6-13(10)21(18,19)14(11)9-16/h1-7,11,14H,8-9H2/t11-,14+/m0/s1. The van der Waals surface area contributed by atoms with Crippen molar-refractivity contribution in [2.75, 3.05) is 13.1 Å². The Morgan fingerprint density at radius 2 is 1.95 bits per heavy atom. The number of furan rings is 1. The van der Waals surface area contributed by atoms with E-state index >= 15 is 0 Å². The fraction of sp³-hybridized carbons (Fsp3) is 0.267. The van der Waals surface area contributed by atoms with Crippen LogP contribution in [0.5, 0.6) is 0 Å². The van der Waals surface area contributed by atoms with Crippen LogP contribution in [0.1, 0.15) is 22.0 Å². The number of likely N-dealkylation sites (tertiary alicyclic amines) is 1. The van der Waals surface area contributed by atoms with E-state index in [4.69, 9.17) is 4.42 Å². The molecule has 1 aromatic heterocycles. The Bertz CT molecular complexity index is 810. The largest absolute Gasteiger partial charge is 0.459 e. The maximum atomic E-state index is 12.6. The van der Waals surface area contributed by atoms with E-state index < -0.39 is 15.1 Å². The van der Waals surface area contributed by atoms with E-state index in [-0.39, 0.29) is 24.1 Å². The molecule has 5 nitrogen and oxygen atoms in total. The zero-order valence-electron chi connectivity index (χ0n) is 11.1. The van der Waals surface area contributed by atoms with Crippen LogP contribution >= 0.6 is 0 Å². The SMILES string of the molecule is O=C(c1ccco1)N1C[C@@H]2[C@@H](C1)c1ccccc1S2(=O)=O. The Morgan fingerprint density at radius 3 is 2.71 bits per heavy atom. The molecule has 0 aliphatic carbocycles. The fourth-order valence-corrected chi connectivity index (χ4v) is 5.50. The van der Waals surface area contributed by atoms with Crippen molar-refractivity contribution in [1.29, 1.82) is 0 Å². The number of sulfone groups is 1. The zero-order chi connectivity index (χ0) is 14.6. The molecule has 2 aliphatic rings. The summed E-state index contributed by atoms with van der Waals surface area (Å²) in [6.45, 7) is 0.641. The lowest BCUT2D eigenvalue weighted by Gasteiger charge is -2.16. The van der Waals surface area contributed by atoms with Crippen molar-refractivity contribution in [3.05, 3.63) is 54.0 Å². The number of carbonyl (C=O) groups is 1. The first kappa shape index (κ1) is 12.6. The number of hydrogen-bond donors (Lipinski definition) is 0. The van der Waals surface area contributed by atoms with E-state index in [2.05, 4.69) is 0 Å². The van der Waals surface area contributed by atoms with Gasteiger partial charge in [0.2, 0.25) is 0 Å². The minimum Gasteiger partial charge on any atom is -0.459 e. The summed E-state index contributed by atoms with van der Waals surface area (Å²) in [6.07, 6.45) is 1.44. The van der Waals surface area contributed by atoms with Crippen LogP contribution in [-0.2, 0) is 9.84 Å². The Labute approximate surface area is 122 Å². The highest BCUT2D eigenvalue weighted by Crippen LogP contribution is 2.44. The number of benzene rings is 1. The summed E-state index contributed by atoms with van der Waals surface area (Å²) >= 11 is 0. The van der Waals surface area contributed by atoms with Crippen LogP contribution in [0.15, 0.2) is 52.0 Å². The van der Waals surface area contributed by atoms with E-state index in [1.54, 1.807) is 29.2 Å². The fourth-order valence-electron chi connectivity index (χ4n) is 3.32. The molecule has 0 spiro atoms. The van der Waals surface area contributed by atoms with Gasteiger partial charge in [-0.05, 0) is 23.8 Å². The van der Waals surface area contributed by atoms with E-state index in [0.717, 1.165) is 5.56 Å². The van der Waals surface area contributed by atoms with Gasteiger partial charge in [0, 0.05) is 19.0 Å². The molecular formula is C15H13NO4S. The van der Waals surface area contributed by atoms with Crippen LogP contribution in [0.3, 0.4) is 0 Å². The van der Waals surface area contributed by atoms with Crippen LogP contribution in [0.25, 0.3) is 0 Å². The third-order valence-electron chi connectivity index (χ3n) is 4.31. The summed E-state index contributed by atoms with van der Waals surface area (Å²) in [5.74, 6) is -0.132. The molecule has 0 radical (unpaired) electrons. The Hall–Kier alpha value is -2.08. The minimum absolute atomic E-state index is 0.134. The molecule has 0 saturated carbocycles. The predicted molar refractivity (Wildman–Crippen MR) is 74.8 cm³/mol. The first-order valence-electron chi connectivity index (χ1n) is 6.74. The van der Waals surface area contributed by atoms with Crippen molar-refractivity contribution in [2.45, 2.75) is 16.1 Å². The minimum atomic E-state index is -3.34. The molecule has 4 rings (SSSR count). The van der Waals surface area contributed by atoms with Crippen molar-refractivity contribution in [3.8, 4) is 0 Å². The average Bonchev–Trinajstić information content (AvgIpc) is 3.18. The molecule has 1 saturated heterocycles. The Balaban J connectivity index is 1.70.